The van der Waals surface area contributed by atoms with Crippen LogP contribution in [-0.4, -0.2) is 21.8 Å². The van der Waals surface area contributed by atoms with Crippen molar-refractivity contribution in [3.63, 3.8) is 0 Å². The molecule has 0 aromatic carbocycles. The van der Waals surface area contributed by atoms with Crippen molar-refractivity contribution >= 4 is 17.7 Å². The number of nitrogens with zero attached hydrogens (tertiary/aromatic N) is 2. The van der Waals surface area contributed by atoms with E-state index >= 15 is 0 Å². The molecule has 118 valence electrons. The fraction of sp³-hybridized carbons (Fsp3) is 0.588. The lowest BCUT2D eigenvalue weighted by molar-refractivity contribution is -0.136. The first kappa shape index (κ1) is 16.8. The van der Waals surface area contributed by atoms with E-state index in [4.69, 9.17) is 5.11 Å². The molecule has 5 heteroatoms. The second-order valence-corrected chi connectivity index (χ2v) is 7.94. The van der Waals surface area contributed by atoms with Gasteiger partial charge in [-0.3, -0.25) is 4.79 Å². The van der Waals surface area contributed by atoms with Crippen LogP contribution in [0.3, 0.4) is 0 Å². The quantitative estimate of drug-likeness (QED) is 0.857. The number of aromatic nitrogens is 1. The normalized spacial score (nSPS) is 17.6. The van der Waals surface area contributed by atoms with Gasteiger partial charge in [0.05, 0.1) is 12.0 Å². The Bertz CT molecular complexity index is 614. The molecule has 0 bridgehead atoms. The average Bonchev–Trinajstić information content (AvgIpc) is 2.44. The average molecular weight is 318 g/mol. The zero-order valence-electron chi connectivity index (χ0n) is 13.3. The van der Waals surface area contributed by atoms with Crippen molar-refractivity contribution in [1.29, 1.82) is 5.26 Å². The maximum absolute atomic E-state index is 10.6. The van der Waals surface area contributed by atoms with Gasteiger partial charge in [-0.15, -0.1) is 11.8 Å². The summed E-state index contributed by atoms with van der Waals surface area (Å²) in [6.45, 7) is 6.78. The Hall–Kier alpha value is -1.54. The summed E-state index contributed by atoms with van der Waals surface area (Å²) in [6, 6.07) is 4.17. The molecule has 0 fully saturated rings. The largest absolute Gasteiger partial charge is 0.481 e. The highest BCUT2D eigenvalue weighted by atomic mass is 32.2. The van der Waals surface area contributed by atoms with Crippen LogP contribution < -0.4 is 0 Å². The number of rotatable bonds is 4. The molecule has 1 aliphatic rings. The van der Waals surface area contributed by atoms with Crippen LogP contribution in [0.5, 0.6) is 0 Å². The van der Waals surface area contributed by atoms with E-state index in [1.807, 2.05) is 6.07 Å². The molecule has 1 aliphatic carbocycles. The minimum Gasteiger partial charge on any atom is -0.481 e. The van der Waals surface area contributed by atoms with Crippen LogP contribution in [0.1, 0.15) is 50.4 Å². The van der Waals surface area contributed by atoms with E-state index in [0.29, 0.717) is 22.3 Å². The minimum atomic E-state index is -0.822. The van der Waals surface area contributed by atoms with E-state index in [9.17, 15) is 10.1 Å². The van der Waals surface area contributed by atoms with Crippen LogP contribution in [-0.2, 0) is 17.6 Å². The third kappa shape index (κ3) is 4.01. The maximum Gasteiger partial charge on any atom is 0.304 e. The Morgan fingerprint density at radius 1 is 1.55 bits per heavy atom. The molecular weight excluding hydrogens is 296 g/mol. The van der Waals surface area contributed by atoms with E-state index in [2.05, 4.69) is 31.8 Å². The summed E-state index contributed by atoms with van der Waals surface area (Å²) in [7, 11) is 0. The number of aliphatic carboxylic acids is 1. The van der Waals surface area contributed by atoms with Crippen molar-refractivity contribution in [3.05, 3.63) is 22.9 Å². The van der Waals surface area contributed by atoms with Gasteiger partial charge in [0.2, 0.25) is 0 Å². The highest BCUT2D eigenvalue weighted by molar-refractivity contribution is 7.99. The lowest BCUT2D eigenvalue weighted by Crippen LogP contribution is -2.27. The Labute approximate surface area is 135 Å². The Morgan fingerprint density at radius 2 is 2.27 bits per heavy atom. The molecule has 1 aromatic heterocycles. The van der Waals surface area contributed by atoms with Crippen LogP contribution in [0.2, 0.25) is 0 Å². The molecule has 2 rings (SSSR count). The summed E-state index contributed by atoms with van der Waals surface area (Å²) in [5, 5.41) is 18.7. The number of hydrogen-bond acceptors (Lipinski definition) is 4. The molecule has 22 heavy (non-hydrogen) atoms. The van der Waals surface area contributed by atoms with Gasteiger partial charge >= 0.3 is 5.97 Å². The van der Waals surface area contributed by atoms with Crippen LogP contribution in [0.4, 0.5) is 0 Å². The van der Waals surface area contributed by atoms with Crippen molar-refractivity contribution in [2.75, 3.05) is 5.75 Å². The number of pyridine rings is 1. The number of carboxylic acids is 1. The maximum atomic E-state index is 10.6. The first-order valence-corrected chi connectivity index (χ1v) is 8.57. The second kappa shape index (κ2) is 6.70. The molecule has 4 nitrogen and oxygen atoms in total. The van der Waals surface area contributed by atoms with Crippen LogP contribution in [0, 0.1) is 22.7 Å². The first-order valence-electron chi connectivity index (χ1n) is 7.58. The molecule has 1 aromatic rings. The number of nitriles is 1. The highest BCUT2D eigenvalue weighted by Crippen LogP contribution is 2.38. The summed E-state index contributed by atoms with van der Waals surface area (Å²) in [4.78, 5) is 15.3. The smallest absolute Gasteiger partial charge is 0.304 e. The predicted octanol–water partition coefficient (Wildman–Crippen LogP) is 3.67. The summed E-state index contributed by atoms with van der Waals surface area (Å²) in [6.07, 6.45) is 3.12. The van der Waals surface area contributed by atoms with E-state index in [1.165, 1.54) is 17.3 Å². The highest BCUT2D eigenvalue weighted by Gasteiger charge is 2.30. The van der Waals surface area contributed by atoms with Gasteiger partial charge in [-0.05, 0) is 42.2 Å². The monoisotopic (exact) mass is 318 g/mol. The summed E-state index contributed by atoms with van der Waals surface area (Å²) in [5.41, 5.74) is 3.10. The Morgan fingerprint density at radius 3 is 2.86 bits per heavy atom. The minimum absolute atomic E-state index is 0.0837. The number of fused-ring (bicyclic) bond motifs is 1. The standard InChI is InChI=1S/C17H22N2O2S/c1-17(2,3)13-4-5-14-11(9-13)8-12(10-18)16(19-14)22-7-6-15(20)21/h8,13H,4-7,9H2,1-3H3,(H,20,21). The van der Waals surface area contributed by atoms with E-state index in [1.54, 1.807) is 0 Å². The third-order valence-corrected chi connectivity index (χ3v) is 5.24. The summed E-state index contributed by atoms with van der Waals surface area (Å²) >= 11 is 1.36. The van der Waals surface area contributed by atoms with Crippen molar-refractivity contribution in [3.8, 4) is 6.07 Å². The van der Waals surface area contributed by atoms with Gasteiger partial charge in [-0.25, -0.2) is 4.98 Å². The van der Waals surface area contributed by atoms with Gasteiger partial charge in [0, 0.05) is 11.4 Å². The lowest BCUT2D eigenvalue weighted by atomic mass is 9.71. The summed E-state index contributed by atoms with van der Waals surface area (Å²) in [5.74, 6) is 0.233. The van der Waals surface area contributed by atoms with Crippen molar-refractivity contribution in [2.24, 2.45) is 11.3 Å². The van der Waals surface area contributed by atoms with E-state index in [0.717, 1.165) is 25.0 Å². The number of hydrogen-bond donors (Lipinski definition) is 1. The molecule has 1 unspecified atom stereocenters. The van der Waals surface area contributed by atoms with Gasteiger partial charge in [0.15, 0.2) is 0 Å². The van der Waals surface area contributed by atoms with Crippen LogP contribution in [0.25, 0.3) is 0 Å². The SMILES string of the molecule is CC(C)(C)C1CCc2nc(SCCC(=O)O)c(C#N)cc2C1. The van der Waals surface area contributed by atoms with Crippen LogP contribution in [0.15, 0.2) is 11.1 Å². The number of carboxylic acid groups (broad SMARTS) is 1. The molecule has 0 spiro atoms. The van der Waals surface area contributed by atoms with Gasteiger partial charge in [0.1, 0.15) is 11.1 Å². The zero-order chi connectivity index (χ0) is 16.3. The fourth-order valence-corrected chi connectivity index (χ4v) is 3.71. The van der Waals surface area contributed by atoms with Crippen LogP contribution >= 0.6 is 11.8 Å². The van der Waals surface area contributed by atoms with Crippen molar-refractivity contribution < 1.29 is 9.90 Å². The van der Waals surface area contributed by atoms with Gasteiger partial charge in [-0.2, -0.15) is 5.26 Å². The molecule has 1 N–H and O–H groups in total. The number of thioether (sulfide) groups is 1. The summed E-state index contributed by atoms with van der Waals surface area (Å²) < 4.78 is 0. The molecule has 0 saturated heterocycles. The topological polar surface area (TPSA) is 74.0 Å². The Kier molecular flexibility index (Phi) is 5.12. The van der Waals surface area contributed by atoms with Gasteiger partial charge in [0.25, 0.3) is 0 Å². The van der Waals surface area contributed by atoms with Crippen molar-refractivity contribution in [2.45, 2.75) is 51.5 Å². The number of carbonyl (C=O) groups is 1. The molecule has 0 amide bonds. The van der Waals surface area contributed by atoms with Gasteiger partial charge < -0.3 is 5.11 Å². The lowest BCUT2D eigenvalue weighted by Gasteiger charge is -2.34. The molecular formula is C17H22N2O2S. The van der Waals surface area contributed by atoms with E-state index < -0.39 is 5.97 Å². The number of aryl methyl sites for hydroxylation is 1. The van der Waals surface area contributed by atoms with Gasteiger partial charge in [-0.1, -0.05) is 20.8 Å². The molecule has 1 heterocycles. The Balaban J connectivity index is 2.20. The van der Waals surface area contributed by atoms with Crippen molar-refractivity contribution in [1.82, 2.24) is 4.98 Å². The molecule has 0 aliphatic heterocycles. The molecule has 0 radical (unpaired) electrons. The molecule has 1 atom stereocenters. The predicted molar refractivity (Wildman–Crippen MR) is 86.9 cm³/mol. The molecule has 0 saturated carbocycles. The zero-order valence-corrected chi connectivity index (χ0v) is 14.2. The van der Waals surface area contributed by atoms with E-state index in [-0.39, 0.29) is 11.8 Å². The fourth-order valence-electron chi connectivity index (χ4n) is 2.81. The third-order valence-electron chi connectivity index (χ3n) is 4.25. The second-order valence-electron chi connectivity index (χ2n) is 6.86. The first-order chi connectivity index (χ1) is 10.3.